The number of nitrogens with two attached hydrogens (primary N) is 1. The zero-order valence-electron chi connectivity index (χ0n) is 17.9. The van der Waals surface area contributed by atoms with Crippen LogP contribution in [0.4, 0.5) is 11.9 Å². The lowest BCUT2D eigenvalue weighted by Gasteiger charge is -2.15. The van der Waals surface area contributed by atoms with Gasteiger partial charge in [-0.05, 0) is 31.5 Å². The van der Waals surface area contributed by atoms with E-state index in [1.165, 1.54) is 11.8 Å². The first-order valence-corrected chi connectivity index (χ1v) is 10.7. The zero-order valence-corrected chi connectivity index (χ0v) is 18.7. The van der Waals surface area contributed by atoms with Gasteiger partial charge in [0.25, 0.3) is 0 Å². The van der Waals surface area contributed by atoms with Gasteiger partial charge in [-0.2, -0.15) is 15.0 Å². The van der Waals surface area contributed by atoms with Crippen LogP contribution in [0.3, 0.4) is 0 Å². The summed E-state index contributed by atoms with van der Waals surface area (Å²) in [5.74, 6) is 2.91. The van der Waals surface area contributed by atoms with Gasteiger partial charge in [0, 0.05) is 19.7 Å². The molecule has 160 valence electrons. The Bertz CT molecular complexity index is 1170. The summed E-state index contributed by atoms with van der Waals surface area (Å²) in [6, 6.07) is 11.9. The van der Waals surface area contributed by atoms with Crippen LogP contribution in [0.1, 0.15) is 29.3 Å². The molecule has 0 amide bonds. The Labute approximate surface area is 184 Å². The predicted molar refractivity (Wildman–Crippen MR) is 121 cm³/mol. The van der Waals surface area contributed by atoms with Crippen molar-refractivity contribution in [2.45, 2.75) is 30.8 Å². The number of anilines is 2. The Morgan fingerprint density at radius 1 is 1.10 bits per heavy atom. The van der Waals surface area contributed by atoms with Crippen molar-refractivity contribution in [2.24, 2.45) is 0 Å². The van der Waals surface area contributed by atoms with Crippen LogP contribution in [0, 0.1) is 6.92 Å². The van der Waals surface area contributed by atoms with Crippen molar-refractivity contribution in [2.75, 3.05) is 24.7 Å². The minimum absolute atomic E-state index is 0.117. The van der Waals surface area contributed by atoms with Gasteiger partial charge in [0.05, 0.1) is 18.1 Å². The first-order valence-electron chi connectivity index (χ1n) is 9.79. The number of hydrogen-bond acceptors (Lipinski definition) is 9. The topological polar surface area (TPSA) is 112 Å². The molecule has 3 heterocycles. The highest BCUT2D eigenvalue weighted by molar-refractivity contribution is 7.99. The summed E-state index contributed by atoms with van der Waals surface area (Å²) in [5.41, 5.74) is 8.06. The van der Waals surface area contributed by atoms with E-state index in [0.29, 0.717) is 18.3 Å². The third kappa shape index (κ3) is 4.53. The fraction of sp³-hybridized carbons (Fsp3) is 0.286. The van der Waals surface area contributed by atoms with E-state index in [1.807, 2.05) is 51.4 Å². The Kier molecular flexibility index (Phi) is 5.90. The Morgan fingerprint density at radius 2 is 1.90 bits per heavy atom. The summed E-state index contributed by atoms with van der Waals surface area (Å²) in [6.45, 7) is 4.59. The molecule has 4 rings (SSSR count). The largest absolute Gasteiger partial charge is 0.467 e. The molecule has 0 radical (unpaired) electrons. The molecule has 4 aromatic rings. The summed E-state index contributed by atoms with van der Waals surface area (Å²) < 4.78 is 7.65. The molecule has 0 bridgehead atoms. The van der Waals surface area contributed by atoms with Crippen molar-refractivity contribution in [1.82, 2.24) is 29.7 Å². The predicted octanol–water partition coefficient (Wildman–Crippen LogP) is 3.58. The van der Waals surface area contributed by atoms with Crippen LogP contribution in [0.15, 0.2) is 52.2 Å². The van der Waals surface area contributed by atoms with Gasteiger partial charge >= 0.3 is 0 Å². The number of nitrogen functional groups attached to an aromatic ring is 1. The quantitative estimate of drug-likeness (QED) is 0.434. The minimum Gasteiger partial charge on any atom is -0.467 e. The van der Waals surface area contributed by atoms with Gasteiger partial charge < -0.3 is 15.1 Å². The number of aryl methyl sites for hydroxylation is 1. The van der Waals surface area contributed by atoms with Crippen molar-refractivity contribution in [1.29, 1.82) is 0 Å². The van der Waals surface area contributed by atoms with Crippen LogP contribution >= 0.6 is 11.8 Å². The summed E-state index contributed by atoms with van der Waals surface area (Å²) >= 11 is 1.52. The molecule has 0 saturated carbocycles. The molecule has 0 aliphatic heterocycles. The minimum atomic E-state index is -0.117. The van der Waals surface area contributed by atoms with E-state index in [1.54, 1.807) is 11.2 Å². The fourth-order valence-electron chi connectivity index (χ4n) is 3.09. The van der Waals surface area contributed by atoms with Crippen LogP contribution in [0.2, 0.25) is 0 Å². The van der Waals surface area contributed by atoms with Gasteiger partial charge in [-0.25, -0.2) is 0 Å². The monoisotopic (exact) mass is 436 g/mol. The van der Waals surface area contributed by atoms with Gasteiger partial charge in [0.1, 0.15) is 11.6 Å². The molecule has 0 saturated heterocycles. The lowest BCUT2D eigenvalue weighted by Crippen LogP contribution is -2.16. The van der Waals surface area contributed by atoms with E-state index in [4.69, 9.17) is 10.2 Å². The zero-order chi connectivity index (χ0) is 22.0. The molecule has 9 nitrogen and oxygen atoms in total. The van der Waals surface area contributed by atoms with Crippen LogP contribution in [-0.2, 0) is 6.54 Å². The maximum Gasteiger partial charge on any atom is 0.229 e. The van der Waals surface area contributed by atoms with Crippen LogP contribution in [-0.4, -0.2) is 43.8 Å². The van der Waals surface area contributed by atoms with Crippen molar-refractivity contribution in [3.05, 3.63) is 59.8 Å². The van der Waals surface area contributed by atoms with E-state index in [9.17, 15) is 0 Å². The highest BCUT2D eigenvalue weighted by Crippen LogP contribution is 2.35. The fourth-order valence-corrected chi connectivity index (χ4v) is 3.98. The molecular formula is C21H24N8OS. The molecule has 0 aliphatic carbocycles. The van der Waals surface area contributed by atoms with Crippen LogP contribution < -0.4 is 10.6 Å². The van der Waals surface area contributed by atoms with Gasteiger partial charge in [0.2, 0.25) is 11.9 Å². The average Bonchev–Trinajstić information content (AvgIpc) is 3.39. The summed E-state index contributed by atoms with van der Waals surface area (Å²) in [5, 5.41) is 9.61. The van der Waals surface area contributed by atoms with Gasteiger partial charge in [-0.3, -0.25) is 4.57 Å². The highest BCUT2D eigenvalue weighted by atomic mass is 32.2. The first-order chi connectivity index (χ1) is 14.9. The molecule has 1 atom stereocenters. The number of rotatable bonds is 7. The second kappa shape index (κ2) is 8.76. The number of benzene rings is 1. The summed E-state index contributed by atoms with van der Waals surface area (Å²) in [6.07, 6.45) is 1.67. The molecule has 0 fully saturated rings. The number of hydrogen-bond donors (Lipinski definition) is 1. The van der Waals surface area contributed by atoms with E-state index < -0.39 is 0 Å². The third-order valence-corrected chi connectivity index (χ3v) is 5.78. The van der Waals surface area contributed by atoms with Crippen molar-refractivity contribution in [3.8, 4) is 11.4 Å². The molecular weight excluding hydrogens is 412 g/mol. The second-order valence-electron chi connectivity index (χ2n) is 7.29. The second-order valence-corrected chi connectivity index (χ2v) is 8.60. The number of thioether (sulfide) groups is 1. The van der Waals surface area contributed by atoms with Gasteiger partial charge in [-0.15, -0.1) is 10.2 Å². The molecule has 2 N–H and O–H groups in total. The van der Waals surface area contributed by atoms with E-state index >= 15 is 0 Å². The van der Waals surface area contributed by atoms with Crippen molar-refractivity contribution < 1.29 is 4.42 Å². The molecule has 1 aromatic carbocycles. The molecule has 10 heteroatoms. The average molecular weight is 437 g/mol. The van der Waals surface area contributed by atoms with Crippen LogP contribution in [0.25, 0.3) is 11.4 Å². The molecule has 0 aliphatic rings. The van der Waals surface area contributed by atoms with Gasteiger partial charge in [-0.1, -0.05) is 36.0 Å². The van der Waals surface area contributed by atoms with Crippen molar-refractivity contribution in [3.63, 3.8) is 0 Å². The summed E-state index contributed by atoms with van der Waals surface area (Å²) in [4.78, 5) is 14.8. The maximum atomic E-state index is 5.90. The van der Waals surface area contributed by atoms with E-state index in [-0.39, 0.29) is 11.2 Å². The first kappa shape index (κ1) is 20.9. The SMILES string of the molecule is Cc1ccccc1-c1nnc(SC(C)c2nc(N)nc(N(C)C)n2)n1Cc1ccco1. The van der Waals surface area contributed by atoms with E-state index in [0.717, 1.165) is 27.9 Å². The molecule has 1 unspecified atom stereocenters. The normalized spacial score (nSPS) is 12.1. The smallest absolute Gasteiger partial charge is 0.229 e. The number of furan rings is 1. The number of nitrogens with zero attached hydrogens (tertiary/aromatic N) is 7. The molecule has 3 aromatic heterocycles. The van der Waals surface area contributed by atoms with Gasteiger partial charge in [0.15, 0.2) is 11.0 Å². The Morgan fingerprint density at radius 3 is 2.61 bits per heavy atom. The molecule has 31 heavy (non-hydrogen) atoms. The standard InChI is InChI=1S/C21H24N8OS/c1-13-8-5-6-10-16(13)18-26-27-21(29(18)12-15-9-7-11-30-15)31-14(2)17-23-19(22)25-20(24-17)28(3)4/h5-11,14H,12H2,1-4H3,(H2,22,23,24,25). The Hall–Kier alpha value is -3.40. The summed E-state index contributed by atoms with van der Waals surface area (Å²) in [7, 11) is 3.73. The lowest BCUT2D eigenvalue weighted by molar-refractivity contribution is 0.485. The van der Waals surface area contributed by atoms with Crippen LogP contribution in [0.5, 0.6) is 0 Å². The van der Waals surface area contributed by atoms with E-state index in [2.05, 4.69) is 42.7 Å². The van der Waals surface area contributed by atoms with Crippen molar-refractivity contribution >= 4 is 23.7 Å². The number of aromatic nitrogens is 6. The molecule has 0 spiro atoms. The third-order valence-electron chi connectivity index (χ3n) is 4.70. The highest BCUT2D eigenvalue weighted by Gasteiger charge is 2.22. The Balaban J connectivity index is 1.71. The maximum absolute atomic E-state index is 5.90. The lowest BCUT2D eigenvalue weighted by atomic mass is 10.1.